The number of aromatic nitrogens is 1. The van der Waals surface area contributed by atoms with E-state index >= 15 is 0 Å². The predicted octanol–water partition coefficient (Wildman–Crippen LogP) is 3.78. The molecule has 1 aromatic carbocycles. The van der Waals surface area contributed by atoms with Gasteiger partial charge in [-0.2, -0.15) is 4.39 Å². The molecule has 1 aromatic heterocycles. The molecule has 0 saturated carbocycles. The molecule has 0 spiro atoms. The van der Waals surface area contributed by atoms with E-state index in [9.17, 15) is 24.6 Å². The molecular weight excluding hydrogens is 377 g/mol. The summed E-state index contributed by atoms with van der Waals surface area (Å²) in [6, 6.07) is 2.39. The fraction of sp³-hybridized carbons (Fsp3) is 0.154. The molecule has 8 nitrogen and oxygen atoms in total. The first kappa shape index (κ1) is 16.7. The molecule has 0 radical (unpaired) electrons. The Balaban J connectivity index is 2.96. The molecule has 0 N–H and O–H groups in total. The third-order valence-electron chi connectivity index (χ3n) is 3.02. The maximum absolute atomic E-state index is 14.0. The predicted molar refractivity (Wildman–Crippen MR) is 81.9 cm³/mol. The van der Waals surface area contributed by atoms with Gasteiger partial charge in [0.15, 0.2) is 0 Å². The van der Waals surface area contributed by atoms with E-state index in [4.69, 9.17) is 4.74 Å². The van der Waals surface area contributed by atoms with Crippen molar-refractivity contribution in [3.05, 3.63) is 54.5 Å². The molecule has 2 rings (SSSR count). The van der Waals surface area contributed by atoms with Crippen molar-refractivity contribution in [2.24, 2.45) is 0 Å². The van der Waals surface area contributed by atoms with Gasteiger partial charge in [0.1, 0.15) is 0 Å². The molecule has 0 aliphatic rings. The van der Waals surface area contributed by atoms with Crippen molar-refractivity contribution in [2.75, 3.05) is 7.11 Å². The van der Waals surface area contributed by atoms with Gasteiger partial charge in [0.2, 0.25) is 5.95 Å². The third-order valence-corrected chi connectivity index (χ3v) is 3.64. The second-order valence-electron chi connectivity index (χ2n) is 4.50. The second kappa shape index (κ2) is 6.24. The molecule has 23 heavy (non-hydrogen) atoms. The molecule has 0 amide bonds. The van der Waals surface area contributed by atoms with Crippen molar-refractivity contribution in [1.82, 2.24) is 4.98 Å². The summed E-state index contributed by atoms with van der Waals surface area (Å²) in [5.41, 5.74) is -1.07. The SMILES string of the molecule is COc1c([N+](=O)[O-])cc(Br)c(-c2cc(C)cnc2F)c1[N+](=O)[O-]. The van der Waals surface area contributed by atoms with Gasteiger partial charge in [0.25, 0.3) is 5.75 Å². The molecule has 0 unspecified atom stereocenters. The summed E-state index contributed by atoms with van der Waals surface area (Å²) >= 11 is 3.03. The van der Waals surface area contributed by atoms with Crippen LogP contribution in [-0.4, -0.2) is 21.9 Å². The summed E-state index contributed by atoms with van der Waals surface area (Å²) in [7, 11) is 1.07. The van der Waals surface area contributed by atoms with Crippen LogP contribution in [0.3, 0.4) is 0 Å². The maximum atomic E-state index is 14.0. The number of nitrogens with zero attached hydrogens (tertiary/aromatic N) is 3. The van der Waals surface area contributed by atoms with Crippen LogP contribution in [0.15, 0.2) is 22.8 Å². The lowest BCUT2D eigenvalue weighted by Gasteiger charge is -2.11. The van der Waals surface area contributed by atoms with E-state index in [1.54, 1.807) is 6.92 Å². The summed E-state index contributed by atoms with van der Waals surface area (Å²) in [6.45, 7) is 1.64. The van der Waals surface area contributed by atoms with Gasteiger partial charge in [0.05, 0.1) is 22.5 Å². The zero-order valence-corrected chi connectivity index (χ0v) is 13.5. The molecule has 0 aliphatic heterocycles. The van der Waals surface area contributed by atoms with Crippen LogP contribution in [0.4, 0.5) is 15.8 Å². The lowest BCUT2D eigenvalue weighted by Crippen LogP contribution is -2.03. The number of aryl methyl sites for hydroxylation is 1. The molecule has 2 aromatic rings. The highest BCUT2D eigenvalue weighted by molar-refractivity contribution is 9.10. The quantitative estimate of drug-likeness (QED) is 0.450. The van der Waals surface area contributed by atoms with Gasteiger partial charge in [-0.15, -0.1) is 0 Å². The van der Waals surface area contributed by atoms with Crippen LogP contribution < -0.4 is 4.74 Å². The summed E-state index contributed by atoms with van der Waals surface area (Å²) < 4.78 is 18.9. The Morgan fingerprint density at radius 3 is 2.43 bits per heavy atom. The Hall–Kier alpha value is -2.62. The number of pyridine rings is 1. The average Bonchev–Trinajstić information content (AvgIpc) is 2.48. The van der Waals surface area contributed by atoms with Gasteiger partial charge in [-0.3, -0.25) is 20.2 Å². The highest BCUT2D eigenvalue weighted by Gasteiger charge is 2.34. The van der Waals surface area contributed by atoms with Crippen molar-refractivity contribution in [1.29, 1.82) is 0 Å². The van der Waals surface area contributed by atoms with Gasteiger partial charge in [-0.1, -0.05) is 0 Å². The van der Waals surface area contributed by atoms with Crippen molar-refractivity contribution in [3.63, 3.8) is 0 Å². The molecule has 0 aliphatic carbocycles. The Labute approximate surface area is 137 Å². The largest absolute Gasteiger partial charge is 0.485 e. The topological polar surface area (TPSA) is 108 Å². The van der Waals surface area contributed by atoms with Crippen molar-refractivity contribution in [2.45, 2.75) is 6.92 Å². The van der Waals surface area contributed by atoms with Gasteiger partial charge < -0.3 is 4.74 Å². The highest BCUT2D eigenvalue weighted by Crippen LogP contribution is 2.48. The molecule has 0 saturated heterocycles. The molecule has 1 heterocycles. The Bertz CT molecular complexity index is 828. The fourth-order valence-electron chi connectivity index (χ4n) is 2.10. The van der Waals surface area contributed by atoms with Crippen LogP contribution in [0.5, 0.6) is 5.75 Å². The van der Waals surface area contributed by atoms with E-state index in [-0.39, 0.29) is 15.6 Å². The van der Waals surface area contributed by atoms with Gasteiger partial charge in [-0.25, -0.2) is 4.98 Å². The lowest BCUT2D eigenvalue weighted by atomic mass is 10.0. The minimum absolute atomic E-state index is 0.0111. The maximum Gasteiger partial charge on any atom is 0.327 e. The fourth-order valence-corrected chi connectivity index (χ4v) is 2.72. The Morgan fingerprint density at radius 2 is 1.91 bits per heavy atom. The first-order chi connectivity index (χ1) is 10.8. The number of halogens is 2. The molecule has 10 heteroatoms. The standard InChI is InChI=1S/C13H9BrFN3O5/c1-6-3-7(13(15)16-5-6)10-8(14)4-9(17(19)20)12(23-2)11(10)18(21)22/h3-5H,1-2H3. The van der Waals surface area contributed by atoms with E-state index in [1.807, 2.05) is 0 Å². The number of nitro groups is 2. The number of methoxy groups -OCH3 is 1. The van der Waals surface area contributed by atoms with Crippen LogP contribution >= 0.6 is 15.9 Å². The average molecular weight is 386 g/mol. The van der Waals surface area contributed by atoms with Crippen molar-refractivity contribution in [3.8, 4) is 16.9 Å². The first-order valence-corrected chi connectivity index (χ1v) is 6.89. The van der Waals surface area contributed by atoms with E-state index in [0.717, 1.165) is 13.2 Å². The van der Waals surface area contributed by atoms with Crippen molar-refractivity contribution >= 4 is 27.3 Å². The number of hydrogen-bond acceptors (Lipinski definition) is 6. The van der Waals surface area contributed by atoms with E-state index in [2.05, 4.69) is 20.9 Å². The van der Waals surface area contributed by atoms with E-state index < -0.39 is 32.9 Å². The number of hydrogen-bond donors (Lipinski definition) is 0. The number of benzene rings is 1. The summed E-state index contributed by atoms with van der Waals surface area (Å²) in [6.07, 6.45) is 1.27. The summed E-state index contributed by atoms with van der Waals surface area (Å²) in [4.78, 5) is 24.4. The zero-order chi connectivity index (χ0) is 17.3. The minimum Gasteiger partial charge on any atom is -0.485 e. The van der Waals surface area contributed by atoms with Gasteiger partial charge in [0, 0.05) is 22.3 Å². The van der Waals surface area contributed by atoms with Crippen molar-refractivity contribution < 1.29 is 19.0 Å². The Morgan fingerprint density at radius 1 is 1.26 bits per heavy atom. The number of rotatable bonds is 4. The minimum atomic E-state index is -0.935. The monoisotopic (exact) mass is 385 g/mol. The molecule has 0 fully saturated rings. The van der Waals surface area contributed by atoms with Crippen LogP contribution in [0.25, 0.3) is 11.1 Å². The molecular formula is C13H9BrFN3O5. The van der Waals surface area contributed by atoms with Crippen LogP contribution in [-0.2, 0) is 0 Å². The summed E-state index contributed by atoms with van der Waals surface area (Å²) in [5, 5.41) is 22.5. The smallest absolute Gasteiger partial charge is 0.327 e. The van der Waals surface area contributed by atoms with Gasteiger partial charge >= 0.3 is 11.4 Å². The van der Waals surface area contributed by atoms with E-state index in [0.29, 0.717) is 5.56 Å². The second-order valence-corrected chi connectivity index (χ2v) is 5.35. The summed E-state index contributed by atoms with van der Waals surface area (Å²) in [5.74, 6) is -1.49. The highest BCUT2D eigenvalue weighted by atomic mass is 79.9. The zero-order valence-electron chi connectivity index (χ0n) is 11.9. The van der Waals surface area contributed by atoms with Gasteiger partial charge in [-0.05, 0) is 34.5 Å². The molecule has 120 valence electrons. The number of nitro benzene ring substituents is 2. The Kier molecular flexibility index (Phi) is 4.55. The lowest BCUT2D eigenvalue weighted by molar-refractivity contribution is -0.395. The van der Waals surface area contributed by atoms with Crippen LogP contribution in [0.1, 0.15) is 5.56 Å². The van der Waals surface area contributed by atoms with Crippen LogP contribution in [0, 0.1) is 33.1 Å². The normalized spacial score (nSPS) is 10.4. The number of ether oxygens (including phenoxy) is 1. The van der Waals surface area contributed by atoms with Crippen LogP contribution in [0.2, 0.25) is 0 Å². The molecule has 0 atom stereocenters. The van der Waals surface area contributed by atoms with E-state index in [1.165, 1.54) is 12.3 Å². The first-order valence-electron chi connectivity index (χ1n) is 6.09. The molecule has 0 bridgehead atoms. The third kappa shape index (κ3) is 2.97.